The maximum atomic E-state index is 3.57. The first-order chi connectivity index (χ1) is 9.42. The van der Waals surface area contributed by atoms with Gasteiger partial charge >= 0.3 is 0 Å². The summed E-state index contributed by atoms with van der Waals surface area (Å²) in [7, 11) is 0. The number of thiophene rings is 1. The smallest absolute Gasteiger partial charge is 0.0494 e. The molecule has 2 aromatic rings. The lowest BCUT2D eigenvalue weighted by atomic mass is 10.1. The van der Waals surface area contributed by atoms with Crippen molar-refractivity contribution in [2.45, 2.75) is 25.9 Å². The number of anilines is 1. The van der Waals surface area contributed by atoms with Crippen LogP contribution in [0.15, 0.2) is 41.8 Å². The number of likely N-dealkylation sites (tertiary alicyclic amines) is 1. The summed E-state index contributed by atoms with van der Waals surface area (Å²) in [6, 6.07) is 13.0. The predicted octanol–water partition coefficient (Wildman–Crippen LogP) is 3.96. The summed E-state index contributed by atoms with van der Waals surface area (Å²) in [5, 5.41) is 5.71. The van der Waals surface area contributed by atoms with E-state index in [1.54, 1.807) is 0 Å². The number of rotatable bonds is 5. The van der Waals surface area contributed by atoms with Crippen LogP contribution in [0.25, 0.3) is 0 Å². The SMILES string of the molecule is c1csc(CNc2ccccc2CN2CCCC2)c1. The summed E-state index contributed by atoms with van der Waals surface area (Å²) in [6.07, 6.45) is 2.70. The van der Waals surface area contributed by atoms with Crippen molar-refractivity contribution < 1.29 is 0 Å². The molecule has 2 nitrogen and oxygen atoms in total. The number of hydrogen-bond acceptors (Lipinski definition) is 3. The summed E-state index contributed by atoms with van der Waals surface area (Å²) in [5.41, 5.74) is 2.70. The Morgan fingerprint density at radius 1 is 1.05 bits per heavy atom. The Labute approximate surface area is 119 Å². The third-order valence-electron chi connectivity index (χ3n) is 3.64. The summed E-state index contributed by atoms with van der Waals surface area (Å²) >= 11 is 1.81. The van der Waals surface area contributed by atoms with Gasteiger partial charge in [0, 0.05) is 23.7 Å². The molecule has 0 aliphatic carbocycles. The van der Waals surface area contributed by atoms with Gasteiger partial charge in [0.1, 0.15) is 0 Å². The molecule has 2 heterocycles. The largest absolute Gasteiger partial charge is 0.380 e. The number of nitrogens with zero attached hydrogens (tertiary/aromatic N) is 1. The lowest BCUT2D eigenvalue weighted by Crippen LogP contribution is -2.19. The van der Waals surface area contributed by atoms with Gasteiger partial charge in [-0.05, 0) is 49.0 Å². The van der Waals surface area contributed by atoms with Crippen LogP contribution in [0.2, 0.25) is 0 Å². The van der Waals surface area contributed by atoms with Crippen LogP contribution >= 0.6 is 11.3 Å². The van der Waals surface area contributed by atoms with Gasteiger partial charge in [-0.1, -0.05) is 24.3 Å². The van der Waals surface area contributed by atoms with Gasteiger partial charge in [0.25, 0.3) is 0 Å². The van der Waals surface area contributed by atoms with Crippen molar-refractivity contribution in [3.8, 4) is 0 Å². The van der Waals surface area contributed by atoms with Gasteiger partial charge in [0.05, 0.1) is 0 Å². The minimum Gasteiger partial charge on any atom is -0.380 e. The molecule has 100 valence electrons. The monoisotopic (exact) mass is 272 g/mol. The van der Waals surface area contributed by atoms with E-state index >= 15 is 0 Å². The molecule has 3 heteroatoms. The van der Waals surface area contributed by atoms with Crippen LogP contribution in [0.5, 0.6) is 0 Å². The Morgan fingerprint density at radius 3 is 2.68 bits per heavy atom. The molecule has 0 saturated carbocycles. The van der Waals surface area contributed by atoms with Crippen LogP contribution in [0.1, 0.15) is 23.3 Å². The second-order valence-corrected chi connectivity index (χ2v) is 6.11. The molecule has 1 aromatic heterocycles. The van der Waals surface area contributed by atoms with Crippen molar-refractivity contribution in [1.82, 2.24) is 4.90 Å². The molecule has 0 unspecified atom stereocenters. The van der Waals surface area contributed by atoms with E-state index in [1.165, 1.54) is 42.1 Å². The molecule has 0 radical (unpaired) electrons. The van der Waals surface area contributed by atoms with Crippen molar-refractivity contribution in [2.75, 3.05) is 18.4 Å². The fourth-order valence-corrected chi connectivity index (χ4v) is 3.25. The zero-order chi connectivity index (χ0) is 12.9. The molecule has 1 fully saturated rings. The third kappa shape index (κ3) is 3.37. The summed E-state index contributed by atoms with van der Waals surface area (Å²) in [4.78, 5) is 3.93. The zero-order valence-electron chi connectivity index (χ0n) is 11.1. The van der Waals surface area contributed by atoms with Crippen molar-refractivity contribution in [3.63, 3.8) is 0 Å². The molecule has 19 heavy (non-hydrogen) atoms. The van der Waals surface area contributed by atoms with E-state index in [-0.39, 0.29) is 0 Å². The van der Waals surface area contributed by atoms with E-state index in [9.17, 15) is 0 Å². The average molecular weight is 272 g/mol. The van der Waals surface area contributed by atoms with Crippen molar-refractivity contribution in [3.05, 3.63) is 52.2 Å². The maximum absolute atomic E-state index is 3.57. The maximum Gasteiger partial charge on any atom is 0.0494 e. The first-order valence-corrected chi connectivity index (χ1v) is 7.86. The lowest BCUT2D eigenvalue weighted by Gasteiger charge is -2.18. The molecule has 3 rings (SSSR count). The Hall–Kier alpha value is -1.32. The number of nitrogens with one attached hydrogen (secondary N) is 1. The average Bonchev–Trinajstić information content (AvgIpc) is 3.10. The second kappa shape index (κ2) is 6.22. The lowest BCUT2D eigenvalue weighted by molar-refractivity contribution is 0.332. The van der Waals surface area contributed by atoms with Gasteiger partial charge < -0.3 is 5.32 Å². The van der Waals surface area contributed by atoms with Gasteiger partial charge in [0.2, 0.25) is 0 Å². The first kappa shape index (κ1) is 12.7. The zero-order valence-corrected chi connectivity index (χ0v) is 12.0. The Bertz CT molecular complexity index is 501. The van der Waals surface area contributed by atoms with E-state index in [4.69, 9.17) is 0 Å². The molecule has 1 aromatic carbocycles. The normalized spacial score (nSPS) is 15.8. The fourth-order valence-electron chi connectivity index (χ4n) is 2.61. The number of hydrogen-bond donors (Lipinski definition) is 1. The highest BCUT2D eigenvalue weighted by Gasteiger charge is 2.13. The van der Waals surface area contributed by atoms with E-state index in [1.807, 2.05) is 11.3 Å². The molecular formula is C16H20N2S. The van der Waals surface area contributed by atoms with Crippen LogP contribution < -0.4 is 5.32 Å². The molecule has 0 amide bonds. The van der Waals surface area contributed by atoms with E-state index in [2.05, 4.69) is 52.0 Å². The van der Waals surface area contributed by atoms with Crippen LogP contribution in [0, 0.1) is 0 Å². The predicted molar refractivity (Wildman–Crippen MR) is 82.6 cm³/mol. The van der Waals surface area contributed by atoms with Crippen LogP contribution in [-0.4, -0.2) is 18.0 Å². The Morgan fingerprint density at radius 2 is 1.89 bits per heavy atom. The minimum absolute atomic E-state index is 0.925. The molecule has 1 aliphatic heterocycles. The van der Waals surface area contributed by atoms with Gasteiger partial charge in [-0.2, -0.15) is 0 Å². The van der Waals surface area contributed by atoms with Crippen molar-refractivity contribution >= 4 is 17.0 Å². The van der Waals surface area contributed by atoms with E-state index in [0.717, 1.165) is 13.1 Å². The van der Waals surface area contributed by atoms with Gasteiger partial charge in [0.15, 0.2) is 0 Å². The van der Waals surface area contributed by atoms with Gasteiger partial charge in [-0.15, -0.1) is 11.3 Å². The molecule has 1 aliphatic rings. The first-order valence-electron chi connectivity index (χ1n) is 6.98. The Balaban J connectivity index is 1.66. The molecular weight excluding hydrogens is 252 g/mol. The Kier molecular flexibility index (Phi) is 4.16. The second-order valence-electron chi connectivity index (χ2n) is 5.07. The molecule has 0 spiro atoms. The highest BCUT2D eigenvalue weighted by Crippen LogP contribution is 2.21. The highest BCUT2D eigenvalue weighted by atomic mass is 32.1. The summed E-state index contributed by atoms with van der Waals surface area (Å²) in [6.45, 7) is 4.50. The van der Waals surface area contributed by atoms with Crippen LogP contribution in [-0.2, 0) is 13.1 Å². The molecule has 0 atom stereocenters. The third-order valence-corrected chi connectivity index (χ3v) is 4.52. The summed E-state index contributed by atoms with van der Waals surface area (Å²) in [5.74, 6) is 0. The topological polar surface area (TPSA) is 15.3 Å². The molecule has 0 bridgehead atoms. The van der Waals surface area contributed by atoms with Crippen LogP contribution in [0.3, 0.4) is 0 Å². The number of benzene rings is 1. The van der Waals surface area contributed by atoms with Gasteiger partial charge in [-0.3, -0.25) is 4.90 Å². The minimum atomic E-state index is 0.925. The number of para-hydroxylation sites is 1. The van der Waals surface area contributed by atoms with E-state index in [0.29, 0.717) is 0 Å². The molecule has 1 N–H and O–H groups in total. The standard InChI is InChI=1S/C16H20N2S/c1-2-8-16(17-12-15-7-5-11-19-15)14(6-1)13-18-9-3-4-10-18/h1-2,5-8,11,17H,3-4,9-10,12-13H2. The molecule has 1 saturated heterocycles. The van der Waals surface area contributed by atoms with Gasteiger partial charge in [-0.25, -0.2) is 0 Å². The quantitative estimate of drug-likeness (QED) is 0.886. The highest BCUT2D eigenvalue weighted by molar-refractivity contribution is 7.09. The van der Waals surface area contributed by atoms with Crippen molar-refractivity contribution in [2.24, 2.45) is 0 Å². The fraction of sp³-hybridized carbons (Fsp3) is 0.375. The van der Waals surface area contributed by atoms with Crippen LogP contribution in [0.4, 0.5) is 5.69 Å². The summed E-state index contributed by atoms with van der Waals surface area (Å²) < 4.78 is 0. The van der Waals surface area contributed by atoms with Crippen molar-refractivity contribution in [1.29, 1.82) is 0 Å². The van der Waals surface area contributed by atoms with E-state index < -0.39 is 0 Å².